The van der Waals surface area contributed by atoms with Gasteiger partial charge >= 0.3 is 17.9 Å². The molecular weight excluding hydrogens is 1010 g/mol. The number of allylic oxidation sites excluding steroid dienone is 10. The molecule has 0 aromatic rings. The van der Waals surface area contributed by atoms with E-state index in [1.54, 1.807) is 0 Å². The summed E-state index contributed by atoms with van der Waals surface area (Å²) < 4.78 is 17.0. The third-order valence-electron chi connectivity index (χ3n) is 16.2. The van der Waals surface area contributed by atoms with Crippen LogP contribution in [0.4, 0.5) is 0 Å². The Kier molecular flexibility index (Phi) is 68.1. The molecule has 0 radical (unpaired) electrons. The number of rotatable bonds is 67. The predicted octanol–water partition coefficient (Wildman–Crippen LogP) is 25.1. The van der Waals surface area contributed by atoms with E-state index in [0.29, 0.717) is 19.3 Å². The number of hydrogen-bond acceptors (Lipinski definition) is 6. The Morgan fingerprint density at radius 2 is 0.451 bits per heavy atom. The Bertz CT molecular complexity index is 1460. The second-order valence-corrected chi connectivity index (χ2v) is 24.5. The monoisotopic (exact) mass is 1150 g/mol. The van der Waals surface area contributed by atoms with Crippen molar-refractivity contribution in [2.24, 2.45) is 0 Å². The van der Waals surface area contributed by atoms with Crippen LogP contribution in [0.3, 0.4) is 0 Å². The first-order valence-corrected chi connectivity index (χ1v) is 36.3. The molecule has 6 nitrogen and oxygen atoms in total. The lowest BCUT2D eigenvalue weighted by Gasteiger charge is -2.18. The number of ether oxygens (including phenoxy) is 3. The standard InChI is InChI=1S/C76H138O6/c1-4-7-10-13-16-19-22-25-28-30-32-34-36-37-38-39-41-42-44-46-48-51-54-57-60-63-66-69-75(78)81-72-73(71-80-74(77)68-65-62-59-56-53-50-27-24-21-18-15-12-9-6-3)82-76(79)70-67-64-61-58-55-52-49-47-45-43-40-35-33-31-29-26-23-20-17-14-11-8-5-2/h15,18,23-24,26-27,31,33,40,43,73H,4-14,16-17,19-22,25,28-30,32,34-39,41-42,44-72H2,1-3H3/b18-15-,26-23-,27-24-,33-31-,43-40-. The van der Waals surface area contributed by atoms with Crippen molar-refractivity contribution in [2.45, 2.75) is 393 Å². The Labute approximate surface area is 510 Å². The molecule has 0 aromatic heterocycles. The Morgan fingerprint density at radius 3 is 0.720 bits per heavy atom. The molecule has 0 aliphatic heterocycles. The molecule has 1 atom stereocenters. The zero-order chi connectivity index (χ0) is 59.2. The molecule has 0 saturated carbocycles. The van der Waals surface area contributed by atoms with E-state index in [2.05, 4.69) is 81.5 Å². The van der Waals surface area contributed by atoms with E-state index < -0.39 is 6.10 Å². The number of unbranched alkanes of at least 4 members (excludes halogenated alkanes) is 46. The summed E-state index contributed by atoms with van der Waals surface area (Å²) in [5.41, 5.74) is 0. The van der Waals surface area contributed by atoms with Gasteiger partial charge in [0.15, 0.2) is 6.10 Å². The van der Waals surface area contributed by atoms with Crippen LogP contribution < -0.4 is 0 Å². The van der Waals surface area contributed by atoms with Crippen molar-refractivity contribution >= 4 is 17.9 Å². The summed E-state index contributed by atoms with van der Waals surface area (Å²) in [6, 6.07) is 0. The van der Waals surface area contributed by atoms with Gasteiger partial charge in [-0.3, -0.25) is 14.4 Å². The maximum Gasteiger partial charge on any atom is 0.306 e. The van der Waals surface area contributed by atoms with Crippen molar-refractivity contribution in [3.63, 3.8) is 0 Å². The highest BCUT2D eigenvalue weighted by atomic mass is 16.6. The molecule has 0 fully saturated rings. The van der Waals surface area contributed by atoms with Gasteiger partial charge in [0, 0.05) is 19.3 Å². The van der Waals surface area contributed by atoms with Crippen molar-refractivity contribution in [1.29, 1.82) is 0 Å². The highest BCUT2D eigenvalue weighted by Gasteiger charge is 2.19. The largest absolute Gasteiger partial charge is 0.462 e. The summed E-state index contributed by atoms with van der Waals surface area (Å²) in [6.45, 7) is 6.63. The summed E-state index contributed by atoms with van der Waals surface area (Å²) >= 11 is 0. The third kappa shape index (κ3) is 67.9. The summed E-state index contributed by atoms with van der Waals surface area (Å²) in [6.07, 6.45) is 91.1. The minimum atomic E-state index is -0.785. The van der Waals surface area contributed by atoms with Gasteiger partial charge in [0.2, 0.25) is 0 Å². The minimum absolute atomic E-state index is 0.0784. The maximum atomic E-state index is 13.0. The van der Waals surface area contributed by atoms with E-state index in [9.17, 15) is 14.4 Å². The van der Waals surface area contributed by atoms with Crippen LogP contribution in [0.1, 0.15) is 387 Å². The molecule has 0 amide bonds. The third-order valence-corrected chi connectivity index (χ3v) is 16.2. The normalized spacial score (nSPS) is 12.4. The van der Waals surface area contributed by atoms with Gasteiger partial charge in [0.1, 0.15) is 13.2 Å². The first-order chi connectivity index (χ1) is 40.5. The fraction of sp³-hybridized carbons (Fsp3) is 0.829. The molecule has 0 spiro atoms. The van der Waals surface area contributed by atoms with Gasteiger partial charge in [-0.25, -0.2) is 0 Å². The van der Waals surface area contributed by atoms with Crippen molar-refractivity contribution < 1.29 is 28.6 Å². The molecule has 1 unspecified atom stereocenters. The van der Waals surface area contributed by atoms with E-state index in [1.165, 1.54) is 250 Å². The molecule has 0 aliphatic carbocycles. The number of carbonyl (C=O) groups is 3. The number of esters is 3. The van der Waals surface area contributed by atoms with Gasteiger partial charge in [-0.2, -0.15) is 0 Å². The second kappa shape index (κ2) is 70.6. The second-order valence-electron chi connectivity index (χ2n) is 24.5. The zero-order valence-corrected chi connectivity index (χ0v) is 55.0. The Balaban J connectivity index is 4.26. The molecule has 0 rings (SSSR count). The number of carbonyl (C=O) groups excluding carboxylic acids is 3. The van der Waals surface area contributed by atoms with E-state index in [-0.39, 0.29) is 31.1 Å². The van der Waals surface area contributed by atoms with E-state index in [1.807, 2.05) is 0 Å². The molecule has 0 aliphatic rings. The van der Waals surface area contributed by atoms with Crippen LogP contribution in [0.2, 0.25) is 0 Å². The summed E-state index contributed by atoms with van der Waals surface area (Å²) in [5, 5.41) is 0. The van der Waals surface area contributed by atoms with Gasteiger partial charge in [-0.05, 0) is 83.5 Å². The van der Waals surface area contributed by atoms with Crippen molar-refractivity contribution in [3.05, 3.63) is 60.8 Å². The van der Waals surface area contributed by atoms with Crippen LogP contribution >= 0.6 is 0 Å². The molecule has 0 N–H and O–H groups in total. The van der Waals surface area contributed by atoms with Gasteiger partial charge in [0.05, 0.1) is 0 Å². The molecule has 0 heterocycles. The quantitative estimate of drug-likeness (QED) is 0.0261. The lowest BCUT2D eigenvalue weighted by atomic mass is 10.0. The highest BCUT2D eigenvalue weighted by molar-refractivity contribution is 5.71. The average molecular weight is 1150 g/mol. The van der Waals surface area contributed by atoms with E-state index in [0.717, 1.165) is 96.3 Å². The Hall–Kier alpha value is -2.89. The molecule has 82 heavy (non-hydrogen) atoms. The fourth-order valence-corrected chi connectivity index (χ4v) is 10.8. The van der Waals surface area contributed by atoms with Gasteiger partial charge < -0.3 is 14.2 Å². The van der Waals surface area contributed by atoms with Crippen LogP contribution in [-0.4, -0.2) is 37.2 Å². The summed E-state index contributed by atoms with van der Waals surface area (Å²) in [4.78, 5) is 38.5. The smallest absolute Gasteiger partial charge is 0.306 e. The first-order valence-electron chi connectivity index (χ1n) is 36.3. The predicted molar refractivity (Wildman–Crippen MR) is 358 cm³/mol. The molecule has 0 bridgehead atoms. The van der Waals surface area contributed by atoms with Gasteiger partial charge in [0.25, 0.3) is 0 Å². The first kappa shape index (κ1) is 79.1. The zero-order valence-electron chi connectivity index (χ0n) is 55.0. The summed E-state index contributed by atoms with van der Waals surface area (Å²) in [5.74, 6) is -0.877. The average Bonchev–Trinajstić information content (AvgIpc) is 3.47. The van der Waals surface area contributed by atoms with Crippen molar-refractivity contribution in [3.8, 4) is 0 Å². The topological polar surface area (TPSA) is 78.9 Å². The van der Waals surface area contributed by atoms with Gasteiger partial charge in [-0.15, -0.1) is 0 Å². The van der Waals surface area contributed by atoms with E-state index >= 15 is 0 Å². The molecule has 6 heteroatoms. The van der Waals surface area contributed by atoms with Crippen LogP contribution in [0.25, 0.3) is 0 Å². The van der Waals surface area contributed by atoms with E-state index in [4.69, 9.17) is 14.2 Å². The van der Waals surface area contributed by atoms with Gasteiger partial charge in [-0.1, -0.05) is 345 Å². The van der Waals surface area contributed by atoms with Crippen LogP contribution in [0, 0.1) is 0 Å². The molecular formula is C76H138O6. The highest BCUT2D eigenvalue weighted by Crippen LogP contribution is 2.18. The Morgan fingerprint density at radius 1 is 0.244 bits per heavy atom. The van der Waals surface area contributed by atoms with Crippen LogP contribution in [0.15, 0.2) is 60.8 Å². The van der Waals surface area contributed by atoms with Crippen LogP contribution in [-0.2, 0) is 28.6 Å². The SMILES string of the molecule is CCCC/C=C\C/C=C\CCCCCCCC(=O)OCC(COC(=O)CCCCCCCCCCCCCCCCCCCCCCCCCCCCC)OC(=O)CCCCCCCCCC/C=C\C/C=C\C/C=C\CCCCCCC. The van der Waals surface area contributed by atoms with Crippen molar-refractivity contribution in [1.82, 2.24) is 0 Å². The number of hydrogen-bond donors (Lipinski definition) is 0. The van der Waals surface area contributed by atoms with Crippen LogP contribution in [0.5, 0.6) is 0 Å². The summed E-state index contributed by atoms with van der Waals surface area (Å²) in [7, 11) is 0. The van der Waals surface area contributed by atoms with Crippen molar-refractivity contribution in [2.75, 3.05) is 13.2 Å². The minimum Gasteiger partial charge on any atom is -0.462 e. The molecule has 0 saturated heterocycles. The molecule has 0 aromatic carbocycles. The molecule has 478 valence electrons. The lowest BCUT2D eigenvalue weighted by Crippen LogP contribution is -2.30. The lowest BCUT2D eigenvalue weighted by molar-refractivity contribution is -0.167. The fourth-order valence-electron chi connectivity index (χ4n) is 10.8. The maximum absolute atomic E-state index is 13.0.